The number of hydrogen-bond donors (Lipinski definition) is 2. The minimum Gasteiger partial charge on any atom is -0.506 e. The monoisotopic (exact) mass is 452 g/mol. The molecule has 0 unspecified atom stereocenters. The number of nitrogens with one attached hydrogen (secondary N) is 1. The highest BCUT2D eigenvalue weighted by atomic mass is 19.1. The van der Waals surface area contributed by atoms with Crippen molar-refractivity contribution in [2.24, 2.45) is 5.92 Å². The predicted octanol–water partition coefficient (Wildman–Crippen LogP) is 3.51. The number of carbonyl (C=O) groups excluding carboxylic acids is 1. The summed E-state index contributed by atoms with van der Waals surface area (Å²) in [5, 5.41) is 14.1. The van der Waals surface area contributed by atoms with Crippen LogP contribution < -0.4 is 15.8 Å². The van der Waals surface area contributed by atoms with Crippen molar-refractivity contribution in [3.63, 3.8) is 0 Å². The van der Waals surface area contributed by atoms with Crippen LogP contribution >= 0.6 is 0 Å². The molecule has 3 aromatic rings. The van der Waals surface area contributed by atoms with Gasteiger partial charge in [-0.1, -0.05) is 26.0 Å². The van der Waals surface area contributed by atoms with Crippen LogP contribution in [0.3, 0.4) is 0 Å². The molecular weight excluding hydrogens is 423 g/mol. The summed E-state index contributed by atoms with van der Waals surface area (Å²) in [5.41, 5.74) is 0.654. The summed E-state index contributed by atoms with van der Waals surface area (Å²) in [5.74, 6) is -1.32. The quantitative estimate of drug-likeness (QED) is 0.620. The number of rotatable bonds is 5. The first-order chi connectivity index (χ1) is 15.8. The van der Waals surface area contributed by atoms with E-state index in [0.717, 1.165) is 13.1 Å². The van der Waals surface area contributed by atoms with Crippen LogP contribution in [0.25, 0.3) is 10.9 Å². The van der Waals surface area contributed by atoms with Gasteiger partial charge in [-0.15, -0.1) is 0 Å². The number of fused-ring (bicyclic) bond motifs is 1. The second-order valence-electron chi connectivity index (χ2n) is 8.96. The number of benzene rings is 2. The molecule has 2 N–H and O–H groups in total. The Morgan fingerprint density at radius 3 is 2.52 bits per heavy atom. The number of carbonyl (C=O) groups is 1. The van der Waals surface area contributed by atoms with Gasteiger partial charge in [0.05, 0.1) is 16.9 Å². The molecule has 0 radical (unpaired) electrons. The van der Waals surface area contributed by atoms with Gasteiger partial charge in [0.15, 0.2) is 0 Å². The number of piperazine rings is 1. The van der Waals surface area contributed by atoms with Crippen molar-refractivity contribution >= 4 is 28.2 Å². The summed E-state index contributed by atoms with van der Waals surface area (Å²) in [6, 6.07) is 11.1. The van der Waals surface area contributed by atoms with Crippen LogP contribution in [-0.2, 0) is 6.54 Å². The van der Waals surface area contributed by atoms with E-state index in [1.165, 1.54) is 22.8 Å². The molecule has 4 rings (SSSR count). The molecule has 7 nitrogen and oxygen atoms in total. The molecule has 33 heavy (non-hydrogen) atoms. The largest absolute Gasteiger partial charge is 0.506 e. The zero-order valence-corrected chi connectivity index (χ0v) is 19.1. The SMILES string of the molecule is CC(C)Cn1c(=O)c(C(=O)Nc2ccc(F)cc2N2CCN(C)CC2)c(O)c2ccccc21. The third-order valence-electron chi connectivity index (χ3n) is 5.97. The first kappa shape index (κ1) is 22.8. The van der Waals surface area contributed by atoms with E-state index in [1.54, 1.807) is 24.3 Å². The number of amides is 1. The number of hydrogen-bond acceptors (Lipinski definition) is 5. The van der Waals surface area contributed by atoms with Crippen LogP contribution in [0.5, 0.6) is 5.75 Å². The van der Waals surface area contributed by atoms with Gasteiger partial charge >= 0.3 is 0 Å². The first-order valence-corrected chi connectivity index (χ1v) is 11.1. The second kappa shape index (κ2) is 9.23. The Bertz CT molecular complexity index is 1250. The second-order valence-corrected chi connectivity index (χ2v) is 8.96. The third-order valence-corrected chi connectivity index (χ3v) is 5.97. The van der Waals surface area contributed by atoms with Gasteiger partial charge in [0.1, 0.15) is 17.1 Å². The van der Waals surface area contributed by atoms with Crippen molar-refractivity contribution in [1.82, 2.24) is 9.47 Å². The average molecular weight is 453 g/mol. The summed E-state index contributed by atoms with van der Waals surface area (Å²) < 4.78 is 15.6. The van der Waals surface area contributed by atoms with Gasteiger partial charge in [0.2, 0.25) is 0 Å². The Hall–Kier alpha value is -3.39. The zero-order chi connectivity index (χ0) is 23.7. The maximum Gasteiger partial charge on any atom is 0.267 e. The Balaban J connectivity index is 1.76. The average Bonchev–Trinajstić information content (AvgIpc) is 2.78. The molecule has 0 spiro atoms. The molecule has 0 bridgehead atoms. The molecule has 1 aliphatic rings. The normalized spacial score (nSPS) is 14.8. The first-order valence-electron chi connectivity index (χ1n) is 11.1. The van der Waals surface area contributed by atoms with Gasteiger partial charge in [0.25, 0.3) is 11.5 Å². The zero-order valence-electron chi connectivity index (χ0n) is 19.1. The van der Waals surface area contributed by atoms with Crippen molar-refractivity contribution in [3.8, 4) is 5.75 Å². The van der Waals surface area contributed by atoms with Crippen LogP contribution in [-0.4, -0.2) is 53.7 Å². The van der Waals surface area contributed by atoms with Crippen LogP contribution in [0.2, 0.25) is 0 Å². The lowest BCUT2D eigenvalue weighted by Gasteiger charge is -2.35. The van der Waals surface area contributed by atoms with Crippen molar-refractivity contribution in [1.29, 1.82) is 0 Å². The molecule has 0 aliphatic carbocycles. The fourth-order valence-corrected chi connectivity index (χ4v) is 4.24. The Morgan fingerprint density at radius 2 is 1.82 bits per heavy atom. The van der Waals surface area contributed by atoms with Gasteiger partial charge in [-0.25, -0.2) is 4.39 Å². The highest BCUT2D eigenvalue weighted by Crippen LogP contribution is 2.31. The number of pyridine rings is 1. The van der Waals surface area contributed by atoms with Crippen LogP contribution in [0.4, 0.5) is 15.8 Å². The standard InChI is InChI=1S/C25H29FN4O3/c1-16(2)15-30-20-7-5-4-6-18(20)23(31)22(25(30)33)24(32)27-19-9-8-17(26)14-21(19)29-12-10-28(3)11-13-29/h4-9,14,16,31H,10-13,15H2,1-3H3,(H,27,32). The Morgan fingerprint density at radius 1 is 1.12 bits per heavy atom. The number of halogens is 1. The number of aromatic hydroxyl groups is 1. The van der Waals surface area contributed by atoms with E-state index >= 15 is 0 Å². The molecule has 0 atom stereocenters. The highest BCUT2D eigenvalue weighted by Gasteiger charge is 2.25. The lowest BCUT2D eigenvalue weighted by atomic mass is 10.1. The van der Waals surface area contributed by atoms with E-state index in [2.05, 4.69) is 10.2 Å². The fourth-order valence-electron chi connectivity index (χ4n) is 4.24. The van der Waals surface area contributed by atoms with Gasteiger partial charge in [0, 0.05) is 38.1 Å². The molecule has 1 fully saturated rings. The van der Waals surface area contributed by atoms with E-state index in [9.17, 15) is 19.1 Å². The third kappa shape index (κ3) is 4.57. The predicted molar refractivity (Wildman–Crippen MR) is 129 cm³/mol. The number of likely N-dealkylation sites (N-methyl/N-ethyl adjacent to an activating group) is 1. The van der Waals surface area contributed by atoms with E-state index in [0.29, 0.717) is 41.9 Å². The lowest BCUT2D eigenvalue weighted by molar-refractivity contribution is 0.102. The van der Waals surface area contributed by atoms with Crippen LogP contribution in [0.1, 0.15) is 24.2 Å². The van der Waals surface area contributed by atoms with Crippen molar-refractivity contribution < 1.29 is 14.3 Å². The summed E-state index contributed by atoms with van der Waals surface area (Å²) in [4.78, 5) is 30.8. The van der Waals surface area contributed by atoms with Crippen LogP contribution in [0.15, 0.2) is 47.3 Å². The van der Waals surface area contributed by atoms with E-state index < -0.39 is 17.3 Å². The van der Waals surface area contributed by atoms with E-state index in [1.807, 2.05) is 25.8 Å². The number of anilines is 2. The topological polar surface area (TPSA) is 77.8 Å². The molecule has 174 valence electrons. The summed E-state index contributed by atoms with van der Waals surface area (Å²) in [7, 11) is 2.02. The van der Waals surface area contributed by atoms with Gasteiger partial charge < -0.3 is 24.8 Å². The van der Waals surface area contributed by atoms with Gasteiger partial charge in [-0.2, -0.15) is 0 Å². The summed E-state index contributed by atoms with van der Waals surface area (Å²) in [6.45, 7) is 7.37. The van der Waals surface area contributed by atoms with Crippen LogP contribution in [0, 0.1) is 11.7 Å². The lowest BCUT2D eigenvalue weighted by Crippen LogP contribution is -2.44. The Kier molecular flexibility index (Phi) is 6.37. The molecule has 1 aliphatic heterocycles. The summed E-state index contributed by atoms with van der Waals surface area (Å²) in [6.07, 6.45) is 0. The highest BCUT2D eigenvalue weighted by molar-refractivity contribution is 6.10. The maximum absolute atomic E-state index is 14.1. The number of aromatic nitrogens is 1. The molecule has 1 amide bonds. The molecule has 1 aromatic heterocycles. The maximum atomic E-state index is 14.1. The molecule has 2 heterocycles. The van der Waals surface area contributed by atoms with E-state index in [4.69, 9.17) is 0 Å². The van der Waals surface area contributed by atoms with Crippen molar-refractivity contribution in [3.05, 3.63) is 64.2 Å². The molecule has 8 heteroatoms. The fraction of sp³-hybridized carbons (Fsp3) is 0.360. The number of nitrogens with zero attached hydrogens (tertiary/aromatic N) is 3. The molecule has 0 saturated carbocycles. The van der Waals surface area contributed by atoms with Crippen molar-refractivity contribution in [2.45, 2.75) is 20.4 Å². The molecular formula is C25H29FN4O3. The van der Waals surface area contributed by atoms with Gasteiger partial charge in [-0.05, 0) is 43.3 Å². The van der Waals surface area contributed by atoms with E-state index in [-0.39, 0.29) is 17.2 Å². The van der Waals surface area contributed by atoms with Crippen molar-refractivity contribution in [2.75, 3.05) is 43.4 Å². The minimum absolute atomic E-state index is 0.160. The molecule has 2 aromatic carbocycles. The number of para-hydroxylation sites is 1. The molecule has 1 saturated heterocycles. The van der Waals surface area contributed by atoms with Gasteiger partial charge in [-0.3, -0.25) is 9.59 Å². The Labute approximate surface area is 192 Å². The minimum atomic E-state index is -0.720. The smallest absolute Gasteiger partial charge is 0.267 e. The summed E-state index contributed by atoms with van der Waals surface area (Å²) >= 11 is 0.